The Morgan fingerprint density at radius 3 is 2.79 bits per heavy atom. The van der Waals surface area contributed by atoms with Crippen LogP contribution in [0.2, 0.25) is 0 Å². The molecule has 19 heavy (non-hydrogen) atoms. The molecular weight excluding hydrogens is 264 g/mol. The Morgan fingerprint density at radius 2 is 2.00 bits per heavy atom. The van der Waals surface area contributed by atoms with Crippen LogP contribution in [0.3, 0.4) is 0 Å². The number of nitrogens with one attached hydrogen (secondary N) is 1. The Hall–Kier alpha value is -2.28. The van der Waals surface area contributed by atoms with Crippen LogP contribution in [0.5, 0.6) is 0 Å². The van der Waals surface area contributed by atoms with Gasteiger partial charge in [0.15, 0.2) is 0 Å². The van der Waals surface area contributed by atoms with E-state index in [4.69, 9.17) is 0 Å². The molecule has 0 spiro atoms. The first-order valence-corrected chi connectivity index (χ1v) is 7.41. The van der Waals surface area contributed by atoms with E-state index in [1.165, 1.54) is 6.20 Å². The largest absolute Gasteiger partial charge is 0.360 e. The molecule has 7 heteroatoms. The summed E-state index contributed by atoms with van der Waals surface area (Å²) >= 11 is 0. The Kier molecular flexibility index (Phi) is 2.56. The molecule has 0 radical (unpaired) electrons. The van der Waals surface area contributed by atoms with Gasteiger partial charge in [-0.3, -0.25) is 0 Å². The number of hydrogen-bond acceptors (Lipinski definition) is 5. The van der Waals surface area contributed by atoms with E-state index < -0.39 is 9.84 Å². The van der Waals surface area contributed by atoms with Crippen molar-refractivity contribution in [1.82, 2.24) is 20.2 Å². The van der Waals surface area contributed by atoms with E-state index in [0.717, 1.165) is 22.7 Å². The van der Waals surface area contributed by atoms with Crippen LogP contribution in [0.4, 0.5) is 0 Å². The smallest absolute Gasteiger partial charge is 0.267 e. The second kappa shape index (κ2) is 4.13. The molecule has 6 nitrogen and oxygen atoms in total. The van der Waals surface area contributed by atoms with Gasteiger partial charge in [-0.05, 0) is 6.07 Å². The molecule has 2 aromatic heterocycles. The van der Waals surface area contributed by atoms with Crippen molar-refractivity contribution < 1.29 is 8.42 Å². The van der Waals surface area contributed by atoms with Crippen LogP contribution in [0.25, 0.3) is 22.2 Å². The number of nitrogens with zero attached hydrogens (tertiary/aromatic N) is 3. The first-order chi connectivity index (χ1) is 9.05. The number of rotatable bonds is 2. The maximum absolute atomic E-state index is 11.4. The maximum atomic E-state index is 11.4. The molecule has 1 aromatic carbocycles. The first kappa shape index (κ1) is 11.8. The molecule has 0 aliphatic rings. The summed E-state index contributed by atoms with van der Waals surface area (Å²) in [4.78, 5) is 7.16. The van der Waals surface area contributed by atoms with Gasteiger partial charge in [0.1, 0.15) is 0 Å². The van der Waals surface area contributed by atoms with Gasteiger partial charge in [-0.15, -0.1) is 5.10 Å². The van der Waals surface area contributed by atoms with Crippen molar-refractivity contribution in [3.63, 3.8) is 0 Å². The zero-order valence-electron chi connectivity index (χ0n) is 10.0. The number of aromatic amines is 1. The molecule has 0 saturated carbocycles. The molecular formula is C12H10N4O2S. The fraction of sp³-hybridized carbons (Fsp3) is 0.0833. The van der Waals surface area contributed by atoms with E-state index in [-0.39, 0.29) is 5.16 Å². The van der Waals surface area contributed by atoms with Crippen molar-refractivity contribution in [3.05, 3.63) is 36.7 Å². The van der Waals surface area contributed by atoms with Gasteiger partial charge in [0.2, 0.25) is 9.84 Å². The predicted molar refractivity (Wildman–Crippen MR) is 70.2 cm³/mol. The van der Waals surface area contributed by atoms with Crippen molar-refractivity contribution in [2.45, 2.75) is 5.16 Å². The summed E-state index contributed by atoms with van der Waals surface area (Å²) in [5, 5.41) is 7.94. The SMILES string of the molecule is CS(=O)(=O)c1nncc(-c2c[nH]c3ccccc23)n1. The van der Waals surface area contributed by atoms with Gasteiger partial charge in [0.25, 0.3) is 5.16 Å². The summed E-state index contributed by atoms with van der Waals surface area (Å²) in [5.41, 5.74) is 2.24. The van der Waals surface area contributed by atoms with Gasteiger partial charge in [0, 0.05) is 28.9 Å². The zero-order valence-corrected chi connectivity index (χ0v) is 10.8. The second-order valence-electron chi connectivity index (χ2n) is 4.14. The standard InChI is InChI=1S/C12H10N4O2S/c1-19(17,18)12-15-11(7-14-16-12)9-6-13-10-5-3-2-4-8(9)10/h2-7,13H,1H3. The van der Waals surface area contributed by atoms with Crippen LogP contribution in [0.1, 0.15) is 0 Å². The predicted octanol–water partition coefficient (Wildman–Crippen LogP) is 1.42. The van der Waals surface area contributed by atoms with Crippen LogP contribution in [-0.2, 0) is 9.84 Å². The van der Waals surface area contributed by atoms with Gasteiger partial charge in [0.05, 0.1) is 11.9 Å². The van der Waals surface area contributed by atoms with E-state index in [0.29, 0.717) is 5.69 Å². The van der Waals surface area contributed by atoms with Crippen molar-refractivity contribution >= 4 is 20.7 Å². The molecule has 0 saturated heterocycles. The Balaban J connectivity index is 2.22. The number of H-pyrrole nitrogens is 1. The summed E-state index contributed by atoms with van der Waals surface area (Å²) in [6.45, 7) is 0. The highest BCUT2D eigenvalue weighted by Crippen LogP contribution is 2.26. The van der Waals surface area contributed by atoms with Gasteiger partial charge < -0.3 is 4.98 Å². The molecule has 0 amide bonds. The molecule has 96 valence electrons. The summed E-state index contributed by atoms with van der Waals surface area (Å²) in [6, 6.07) is 7.70. The fourth-order valence-electron chi connectivity index (χ4n) is 1.86. The quantitative estimate of drug-likeness (QED) is 0.763. The summed E-state index contributed by atoms with van der Waals surface area (Å²) in [5.74, 6) is 0. The molecule has 0 unspecified atom stereocenters. The molecule has 3 aromatic rings. The minimum Gasteiger partial charge on any atom is -0.360 e. The van der Waals surface area contributed by atoms with Crippen LogP contribution in [0, 0.1) is 0 Å². The van der Waals surface area contributed by atoms with Gasteiger partial charge in [-0.25, -0.2) is 13.4 Å². The van der Waals surface area contributed by atoms with Crippen LogP contribution in [0.15, 0.2) is 41.8 Å². The molecule has 2 heterocycles. The number of sulfone groups is 1. The highest BCUT2D eigenvalue weighted by molar-refractivity contribution is 7.90. The maximum Gasteiger partial charge on any atom is 0.267 e. The number of para-hydroxylation sites is 1. The van der Waals surface area contributed by atoms with Gasteiger partial charge in [-0.1, -0.05) is 18.2 Å². The van der Waals surface area contributed by atoms with Crippen LogP contribution >= 0.6 is 0 Å². The lowest BCUT2D eigenvalue weighted by Gasteiger charge is -2.00. The summed E-state index contributed by atoms with van der Waals surface area (Å²) in [6.07, 6.45) is 4.29. The van der Waals surface area contributed by atoms with E-state index >= 15 is 0 Å². The molecule has 0 fully saturated rings. The molecule has 0 atom stereocenters. The summed E-state index contributed by atoms with van der Waals surface area (Å²) in [7, 11) is -3.46. The molecule has 0 aliphatic carbocycles. The number of benzene rings is 1. The Labute approximate surface area is 109 Å². The van der Waals surface area contributed by atoms with Gasteiger partial charge >= 0.3 is 0 Å². The number of aromatic nitrogens is 4. The van der Waals surface area contributed by atoms with Crippen LogP contribution < -0.4 is 0 Å². The normalized spacial score (nSPS) is 11.8. The van der Waals surface area contributed by atoms with Crippen molar-refractivity contribution in [2.24, 2.45) is 0 Å². The summed E-state index contributed by atoms with van der Waals surface area (Å²) < 4.78 is 22.9. The topological polar surface area (TPSA) is 88.6 Å². The lowest BCUT2D eigenvalue weighted by molar-refractivity contribution is 0.589. The van der Waals surface area contributed by atoms with Crippen molar-refractivity contribution in [3.8, 4) is 11.3 Å². The third kappa shape index (κ3) is 2.08. The Morgan fingerprint density at radius 1 is 1.21 bits per heavy atom. The van der Waals surface area contributed by atoms with E-state index in [9.17, 15) is 8.42 Å². The minimum atomic E-state index is -3.46. The number of hydrogen-bond donors (Lipinski definition) is 1. The Bertz CT molecular complexity index is 855. The van der Waals surface area contributed by atoms with E-state index in [1.54, 1.807) is 6.20 Å². The molecule has 0 aliphatic heterocycles. The highest BCUT2D eigenvalue weighted by atomic mass is 32.2. The molecule has 1 N–H and O–H groups in total. The number of fused-ring (bicyclic) bond motifs is 1. The lowest BCUT2D eigenvalue weighted by Crippen LogP contribution is -2.06. The van der Waals surface area contributed by atoms with E-state index in [2.05, 4.69) is 20.2 Å². The van der Waals surface area contributed by atoms with Crippen molar-refractivity contribution in [1.29, 1.82) is 0 Å². The van der Waals surface area contributed by atoms with Crippen molar-refractivity contribution in [2.75, 3.05) is 6.26 Å². The lowest BCUT2D eigenvalue weighted by atomic mass is 10.1. The van der Waals surface area contributed by atoms with Crippen LogP contribution in [-0.4, -0.2) is 34.8 Å². The fourth-order valence-corrected chi connectivity index (χ4v) is 2.32. The first-order valence-electron chi connectivity index (χ1n) is 5.52. The highest BCUT2D eigenvalue weighted by Gasteiger charge is 2.14. The van der Waals surface area contributed by atoms with Gasteiger partial charge in [-0.2, -0.15) is 5.10 Å². The molecule has 0 bridgehead atoms. The monoisotopic (exact) mass is 274 g/mol. The third-order valence-electron chi connectivity index (χ3n) is 2.74. The average molecular weight is 274 g/mol. The zero-order chi connectivity index (χ0) is 13.5. The minimum absolute atomic E-state index is 0.268. The average Bonchev–Trinajstić information content (AvgIpc) is 2.82. The third-order valence-corrected chi connectivity index (χ3v) is 3.57. The van der Waals surface area contributed by atoms with E-state index in [1.807, 2.05) is 24.3 Å². The molecule has 3 rings (SSSR count). The second-order valence-corrected chi connectivity index (χ2v) is 6.05.